The van der Waals surface area contributed by atoms with Gasteiger partial charge < -0.3 is 10.1 Å². The van der Waals surface area contributed by atoms with Crippen molar-refractivity contribution in [1.82, 2.24) is 20.1 Å². The molecule has 2 heterocycles. The number of nitrogens with zero attached hydrogens (tertiary/aromatic N) is 3. The first-order chi connectivity index (χ1) is 13.1. The molecule has 0 radical (unpaired) electrons. The number of aryl methyl sites for hydroxylation is 2. The van der Waals surface area contributed by atoms with Gasteiger partial charge in [-0.1, -0.05) is 12.1 Å². The normalized spacial score (nSPS) is 19.8. The highest BCUT2D eigenvalue weighted by Crippen LogP contribution is 2.29. The number of aromatic nitrogens is 3. The number of hydrogen-bond acceptors (Lipinski definition) is 4. The summed E-state index contributed by atoms with van der Waals surface area (Å²) in [6.07, 6.45) is 7.51. The maximum absolute atomic E-state index is 12.5. The third-order valence-corrected chi connectivity index (χ3v) is 5.18. The number of rotatable bonds is 4. The van der Waals surface area contributed by atoms with Crippen molar-refractivity contribution in [3.8, 4) is 5.75 Å². The van der Waals surface area contributed by atoms with Crippen LogP contribution in [0.3, 0.4) is 0 Å². The van der Waals surface area contributed by atoms with Crippen molar-refractivity contribution in [1.29, 1.82) is 0 Å². The summed E-state index contributed by atoms with van der Waals surface area (Å²) in [5, 5.41) is 9.56. The minimum Gasteiger partial charge on any atom is -0.490 e. The maximum atomic E-state index is 12.5. The van der Waals surface area contributed by atoms with Crippen LogP contribution in [0.4, 0.5) is 0 Å². The summed E-state index contributed by atoms with van der Waals surface area (Å²) in [6, 6.07) is 10.1. The van der Waals surface area contributed by atoms with Gasteiger partial charge in [-0.05, 0) is 50.8 Å². The van der Waals surface area contributed by atoms with Gasteiger partial charge in [0.2, 0.25) is 0 Å². The molecular weight excluding hydrogens is 340 g/mol. The molecule has 0 spiro atoms. The smallest absolute Gasteiger partial charge is 0.269 e. The SMILES string of the molecule is Cc1cc(C(=O)NC2CCC(Oc3cccc4cnccc34)CC2)n(C)n1. The molecule has 1 aliphatic rings. The van der Waals surface area contributed by atoms with Gasteiger partial charge in [-0.3, -0.25) is 14.5 Å². The Morgan fingerprint density at radius 2 is 2.04 bits per heavy atom. The first-order valence-electron chi connectivity index (χ1n) is 9.41. The van der Waals surface area contributed by atoms with Gasteiger partial charge in [0.1, 0.15) is 11.4 Å². The average molecular weight is 364 g/mol. The molecule has 4 rings (SSSR count). The standard InChI is InChI=1S/C21H24N4O2/c1-14-12-19(25(2)24-14)21(26)23-16-6-8-17(9-7-16)27-20-5-3-4-15-13-22-11-10-18(15)20/h3-5,10-13,16-17H,6-9H2,1-2H3,(H,23,26). The van der Waals surface area contributed by atoms with E-state index in [0.29, 0.717) is 5.69 Å². The van der Waals surface area contributed by atoms with Crippen molar-refractivity contribution in [2.45, 2.75) is 44.8 Å². The second-order valence-corrected chi connectivity index (χ2v) is 7.21. The van der Waals surface area contributed by atoms with Crippen molar-refractivity contribution in [2.24, 2.45) is 7.05 Å². The fourth-order valence-electron chi connectivity index (χ4n) is 3.78. The monoisotopic (exact) mass is 364 g/mol. The molecule has 3 aromatic rings. The van der Waals surface area contributed by atoms with Crippen LogP contribution in [0.5, 0.6) is 5.75 Å². The fraction of sp³-hybridized carbons (Fsp3) is 0.381. The molecule has 1 N–H and O–H groups in total. The zero-order valence-corrected chi connectivity index (χ0v) is 15.7. The molecule has 140 valence electrons. The highest BCUT2D eigenvalue weighted by Gasteiger charge is 2.25. The quantitative estimate of drug-likeness (QED) is 0.770. The van der Waals surface area contributed by atoms with Crippen molar-refractivity contribution in [2.75, 3.05) is 0 Å². The van der Waals surface area contributed by atoms with Gasteiger partial charge in [-0.25, -0.2) is 0 Å². The maximum Gasteiger partial charge on any atom is 0.269 e. The van der Waals surface area contributed by atoms with E-state index in [2.05, 4.69) is 15.4 Å². The van der Waals surface area contributed by atoms with Gasteiger partial charge in [-0.2, -0.15) is 5.10 Å². The van der Waals surface area contributed by atoms with E-state index in [1.165, 1.54) is 0 Å². The summed E-state index contributed by atoms with van der Waals surface area (Å²) in [5.74, 6) is 0.858. The Morgan fingerprint density at radius 3 is 2.78 bits per heavy atom. The first kappa shape index (κ1) is 17.5. The van der Waals surface area contributed by atoms with Crippen LogP contribution in [0.25, 0.3) is 10.8 Å². The van der Waals surface area contributed by atoms with Gasteiger partial charge in [0, 0.05) is 36.3 Å². The molecule has 0 atom stereocenters. The number of carbonyl (C=O) groups excluding carboxylic acids is 1. The van der Waals surface area contributed by atoms with E-state index in [-0.39, 0.29) is 18.1 Å². The van der Waals surface area contributed by atoms with Gasteiger partial charge in [0.15, 0.2) is 0 Å². The van der Waals surface area contributed by atoms with Crippen LogP contribution >= 0.6 is 0 Å². The molecule has 0 unspecified atom stereocenters. The van der Waals surface area contributed by atoms with Crippen molar-refractivity contribution >= 4 is 16.7 Å². The van der Waals surface area contributed by atoms with Crippen LogP contribution < -0.4 is 10.1 Å². The minimum absolute atomic E-state index is 0.0518. The molecule has 1 aliphatic carbocycles. The Kier molecular flexibility index (Phi) is 4.79. The number of fused-ring (bicyclic) bond motifs is 1. The van der Waals surface area contributed by atoms with E-state index < -0.39 is 0 Å². The number of amides is 1. The number of benzene rings is 1. The van der Waals surface area contributed by atoms with Crippen LogP contribution in [0.15, 0.2) is 42.7 Å². The van der Waals surface area contributed by atoms with Crippen LogP contribution in [0.1, 0.15) is 41.9 Å². The summed E-state index contributed by atoms with van der Waals surface area (Å²) in [4.78, 5) is 16.6. The summed E-state index contributed by atoms with van der Waals surface area (Å²) < 4.78 is 7.91. The molecular formula is C21H24N4O2. The van der Waals surface area contributed by atoms with Crippen LogP contribution in [0.2, 0.25) is 0 Å². The van der Waals surface area contributed by atoms with Crippen molar-refractivity contribution in [3.63, 3.8) is 0 Å². The summed E-state index contributed by atoms with van der Waals surface area (Å²) >= 11 is 0. The van der Waals surface area contributed by atoms with Gasteiger partial charge in [0.05, 0.1) is 11.8 Å². The Labute approximate surface area is 158 Å². The molecule has 1 amide bonds. The summed E-state index contributed by atoms with van der Waals surface area (Å²) in [7, 11) is 1.80. The topological polar surface area (TPSA) is 69.0 Å². The predicted molar refractivity (Wildman–Crippen MR) is 104 cm³/mol. The third kappa shape index (κ3) is 3.79. The Balaban J connectivity index is 1.35. The van der Waals surface area contributed by atoms with E-state index in [1.807, 2.05) is 43.5 Å². The average Bonchev–Trinajstić information content (AvgIpc) is 3.02. The molecule has 1 fully saturated rings. The van der Waals surface area contributed by atoms with Gasteiger partial charge in [-0.15, -0.1) is 0 Å². The molecule has 0 saturated heterocycles. The minimum atomic E-state index is -0.0518. The number of ether oxygens (including phenoxy) is 1. The fourth-order valence-corrected chi connectivity index (χ4v) is 3.78. The lowest BCUT2D eigenvalue weighted by molar-refractivity contribution is 0.0886. The van der Waals surface area contributed by atoms with Gasteiger partial charge >= 0.3 is 0 Å². The number of pyridine rings is 1. The highest BCUT2D eigenvalue weighted by molar-refractivity contribution is 5.92. The lowest BCUT2D eigenvalue weighted by Crippen LogP contribution is -2.40. The Morgan fingerprint density at radius 1 is 1.22 bits per heavy atom. The first-order valence-corrected chi connectivity index (χ1v) is 9.41. The zero-order valence-electron chi connectivity index (χ0n) is 15.7. The molecule has 1 aromatic carbocycles. The van der Waals surface area contributed by atoms with E-state index in [0.717, 1.165) is 47.9 Å². The van der Waals surface area contributed by atoms with Crippen molar-refractivity contribution in [3.05, 3.63) is 54.1 Å². The summed E-state index contributed by atoms with van der Waals surface area (Å²) in [5.41, 5.74) is 1.46. The highest BCUT2D eigenvalue weighted by atomic mass is 16.5. The Hall–Kier alpha value is -2.89. The van der Waals surface area contributed by atoms with Crippen LogP contribution in [-0.2, 0) is 7.05 Å². The summed E-state index contributed by atoms with van der Waals surface area (Å²) in [6.45, 7) is 1.89. The molecule has 1 saturated carbocycles. The molecule has 2 aromatic heterocycles. The predicted octanol–water partition coefficient (Wildman–Crippen LogP) is 3.40. The second-order valence-electron chi connectivity index (χ2n) is 7.21. The van der Waals surface area contributed by atoms with Gasteiger partial charge in [0.25, 0.3) is 5.91 Å². The lowest BCUT2D eigenvalue weighted by Gasteiger charge is -2.29. The third-order valence-electron chi connectivity index (χ3n) is 5.18. The lowest BCUT2D eigenvalue weighted by atomic mass is 9.92. The molecule has 0 bridgehead atoms. The van der Waals surface area contributed by atoms with E-state index >= 15 is 0 Å². The zero-order chi connectivity index (χ0) is 18.8. The second kappa shape index (κ2) is 7.39. The van der Waals surface area contributed by atoms with E-state index in [9.17, 15) is 4.79 Å². The number of hydrogen-bond donors (Lipinski definition) is 1. The number of carbonyl (C=O) groups is 1. The van der Waals surface area contributed by atoms with Crippen LogP contribution in [-0.4, -0.2) is 32.8 Å². The largest absolute Gasteiger partial charge is 0.490 e. The number of nitrogens with one attached hydrogen (secondary N) is 1. The molecule has 6 heteroatoms. The van der Waals surface area contributed by atoms with Crippen molar-refractivity contribution < 1.29 is 9.53 Å². The molecule has 0 aliphatic heterocycles. The Bertz CT molecular complexity index is 952. The molecule has 6 nitrogen and oxygen atoms in total. The van der Waals surface area contributed by atoms with E-state index in [4.69, 9.17) is 4.74 Å². The van der Waals surface area contributed by atoms with Crippen LogP contribution in [0, 0.1) is 6.92 Å². The van der Waals surface area contributed by atoms with E-state index in [1.54, 1.807) is 17.9 Å². The molecule has 27 heavy (non-hydrogen) atoms.